The first-order chi connectivity index (χ1) is 11.2. The number of benzene rings is 3. The van der Waals surface area contributed by atoms with Crippen molar-refractivity contribution in [1.29, 1.82) is 0 Å². The average Bonchev–Trinajstić information content (AvgIpc) is 2.62. The van der Waals surface area contributed by atoms with Crippen LogP contribution in [0, 0.1) is 0 Å². The molecule has 0 aliphatic carbocycles. The van der Waals surface area contributed by atoms with E-state index in [1.165, 1.54) is 0 Å². The first-order valence-electron chi connectivity index (χ1n) is 7.23. The number of carbonyl (C=O) groups excluding carboxylic acids is 1. The Morgan fingerprint density at radius 3 is 1.78 bits per heavy atom. The number of aliphatic imine (C=N–C) groups is 1. The second kappa shape index (κ2) is 7.03. The number of Topliss-reactive ketones (excluding diaryl/α,β-unsaturated/α-hetero) is 1. The lowest BCUT2D eigenvalue weighted by Gasteiger charge is -2.07. The number of halogens is 1. The monoisotopic (exact) mass is 319 g/mol. The van der Waals surface area contributed by atoms with Gasteiger partial charge in [0.2, 0.25) is 5.78 Å². The highest BCUT2D eigenvalue weighted by molar-refractivity contribution is 6.51. The van der Waals surface area contributed by atoms with Gasteiger partial charge in [-0.05, 0) is 24.3 Å². The van der Waals surface area contributed by atoms with E-state index in [-0.39, 0.29) is 5.78 Å². The van der Waals surface area contributed by atoms with Crippen molar-refractivity contribution in [3.05, 3.63) is 101 Å². The summed E-state index contributed by atoms with van der Waals surface area (Å²) in [5, 5.41) is 0.639. The van der Waals surface area contributed by atoms with Crippen molar-refractivity contribution in [3.8, 4) is 0 Å². The minimum absolute atomic E-state index is 0.105. The molecule has 0 aliphatic heterocycles. The van der Waals surface area contributed by atoms with E-state index in [1.54, 1.807) is 36.4 Å². The first-order valence-corrected chi connectivity index (χ1v) is 7.61. The highest BCUT2D eigenvalue weighted by Crippen LogP contribution is 2.19. The van der Waals surface area contributed by atoms with Crippen molar-refractivity contribution in [2.75, 3.05) is 0 Å². The maximum Gasteiger partial charge on any atom is 0.211 e. The summed E-state index contributed by atoms with van der Waals surface area (Å²) in [5.74, 6) is -0.105. The van der Waals surface area contributed by atoms with Gasteiger partial charge in [-0.1, -0.05) is 72.3 Å². The smallest absolute Gasteiger partial charge is 0.211 e. The fraction of sp³-hybridized carbons (Fsp3) is 0. The largest absolute Gasteiger partial charge is 0.287 e. The summed E-state index contributed by atoms with van der Waals surface area (Å²) in [6, 6.07) is 25.7. The van der Waals surface area contributed by atoms with Gasteiger partial charge in [0, 0.05) is 16.1 Å². The molecule has 0 radical (unpaired) electrons. The summed E-state index contributed by atoms with van der Waals surface area (Å²) >= 11 is 5.91. The van der Waals surface area contributed by atoms with E-state index in [1.807, 2.05) is 48.5 Å². The molecule has 0 unspecified atom stereocenters. The zero-order chi connectivity index (χ0) is 16.1. The second-order valence-corrected chi connectivity index (χ2v) is 5.43. The molecule has 23 heavy (non-hydrogen) atoms. The van der Waals surface area contributed by atoms with Gasteiger partial charge in [-0.15, -0.1) is 0 Å². The van der Waals surface area contributed by atoms with Crippen LogP contribution in [0.1, 0.15) is 15.9 Å². The van der Waals surface area contributed by atoms with Crippen molar-refractivity contribution >= 4 is 28.8 Å². The Labute approximate surface area is 140 Å². The molecule has 0 atom stereocenters. The minimum atomic E-state index is -0.105. The quantitative estimate of drug-likeness (QED) is 0.471. The molecule has 2 nitrogen and oxygen atoms in total. The Kier molecular flexibility index (Phi) is 4.65. The molecule has 3 aromatic rings. The van der Waals surface area contributed by atoms with E-state index in [4.69, 9.17) is 11.6 Å². The van der Waals surface area contributed by atoms with Gasteiger partial charge in [0.15, 0.2) is 0 Å². The molecule has 0 bridgehead atoms. The Morgan fingerprint density at radius 2 is 1.22 bits per heavy atom. The SMILES string of the molecule is O=C(/C(=N\c1ccc(Cl)cc1)c1ccccc1)c1ccccc1. The standard InChI is InChI=1S/C20H14ClNO/c21-17-11-13-18(14-12-17)22-19(15-7-3-1-4-8-15)20(23)16-9-5-2-6-10-16/h1-14H/b22-19-. The Hall–Kier alpha value is -2.71. The van der Waals surface area contributed by atoms with Gasteiger partial charge in [-0.2, -0.15) is 0 Å². The predicted octanol–water partition coefficient (Wildman–Crippen LogP) is 5.34. The van der Waals surface area contributed by atoms with E-state index in [9.17, 15) is 4.79 Å². The number of carbonyl (C=O) groups is 1. The van der Waals surface area contributed by atoms with E-state index >= 15 is 0 Å². The topological polar surface area (TPSA) is 29.4 Å². The van der Waals surface area contributed by atoms with Gasteiger partial charge in [0.25, 0.3) is 0 Å². The summed E-state index contributed by atoms with van der Waals surface area (Å²) in [5.41, 5.74) is 2.51. The first kappa shape index (κ1) is 15.2. The second-order valence-electron chi connectivity index (χ2n) is 5.00. The molecule has 0 heterocycles. The number of hydrogen-bond donors (Lipinski definition) is 0. The normalized spacial score (nSPS) is 11.3. The Morgan fingerprint density at radius 1 is 0.696 bits per heavy atom. The molecule has 0 saturated heterocycles. The summed E-state index contributed by atoms with van der Waals surface area (Å²) in [7, 11) is 0. The van der Waals surface area contributed by atoms with Crippen molar-refractivity contribution < 1.29 is 4.79 Å². The third-order valence-electron chi connectivity index (χ3n) is 3.37. The summed E-state index contributed by atoms with van der Waals surface area (Å²) in [6.07, 6.45) is 0. The van der Waals surface area contributed by atoms with Crippen molar-refractivity contribution in [3.63, 3.8) is 0 Å². The predicted molar refractivity (Wildman–Crippen MR) is 94.9 cm³/mol. The third kappa shape index (κ3) is 3.74. The molecule has 0 amide bonds. The molecule has 3 rings (SSSR count). The molecular weight excluding hydrogens is 306 g/mol. The summed E-state index contributed by atoms with van der Waals surface area (Å²) < 4.78 is 0. The maximum atomic E-state index is 12.9. The van der Waals surface area contributed by atoms with Crippen LogP contribution in [0.5, 0.6) is 0 Å². The van der Waals surface area contributed by atoms with E-state index in [2.05, 4.69) is 4.99 Å². The Bertz CT molecular complexity index is 825. The molecule has 0 saturated carbocycles. The fourth-order valence-corrected chi connectivity index (χ4v) is 2.34. The van der Waals surface area contributed by atoms with Crippen LogP contribution in [0.25, 0.3) is 0 Å². The van der Waals surface area contributed by atoms with Gasteiger partial charge in [0.05, 0.1) is 5.69 Å². The third-order valence-corrected chi connectivity index (χ3v) is 3.62. The van der Waals surface area contributed by atoms with Gasteiger partial charge < -0.3 is 0 Å². The van der Waals surface area contributed by atoms with Gasteiger partial charge in [-0.3, -0.25) is 4.79 Å². The van der Waals surface area contributed by atoms with Gasteiger partial charge in [-0.25, -0.2) is 4.99 Å². The highest BCUT2D eigenvalue weighted by atomic mass is 35.5. The van der Waals surface area contributed by atoms with Crippen LogP contribution in [-0.4, -0.2) is 11.5 Å². The zero-order valence-electron chi connectivity index (χ0n) is 12.3. The fourth-order valence-electron chi connectivity index (χ4n) is 2.21. The van der Waals surface area contributed by atoms with Crippen LogP contribution in [0.3, 0.4) is 0 Å². The van der Waals surface area contributed by atoms with E-state index < -0.39 is 0 Å². The van der Waals surface area contributed by atoms with Crippen LogP contribution in [0.2, 0.25) is 5.02 Å². The van der Waals surface area contributed by atoms with Crippen molar-refractivity contribution in [2.45, 2.75) is 0 Å². The minimum Gasteiger partial charge on any atom is -0.287 e. The molecule has 0 fully saturated rings. The summed E-state index contributed by atoms with van der Waals surface area (Å²) in [4.78, 5) is 17.4. The van der Waals surface area contributed by atoms with Crippen LogP contribution < -0.4 is 0 Å². The average molecular weight is 320 g/mol. The highest BCUT2D eigenvalue weighted by Gasteiger charge is 2.16. The molecule has 3 aromatic carbocycles. The molecule has 0 aromatic heterocycles. The number of hydrogen-bond acceptors (Lipinski definition) is 2. The van der Waals surface area contributed by atoms with Gasteiger partial charge in [0.1, 0.15) is 5.71 Å². The maximum absolute atomic E-state index is 12.9. The van der Waals surface area contributed by atoms with Crippen molar-refractivity contribution in [2.24, 2.45) is 4.99 Å². The van der Waals surface area contributed by atoms with Crippen molar-refractivity contribution in [1.82, 2.24) is 0 Å². The molecule has 112 valence electrons. The molecule has 0 aliphatic rings. The van der Waals surface area contributed by atoms with Crippen LogP contribution >= 0.6 is 11.6 Å². The molecule has 0 spiro atoms. The zero-order valence-corrected chi connectivity index (χ0v) is 13.1. The lowest BCUT2D eigenvalue weighted by atomic mass is 10.0. The number of nitrogens with zero attached hydrogens (tertiary/aromatic N) is 1. The van der Waals surface area contributed by atoms with E-state index in [0.29, 0.717) is 22.0 Å². The lowest BCUT2D eigenvalue weighted by molar-refractivity contribution is 0.106. The van der Waals surface area contributed by atoms with Crippen LogP contribution in [-0.2, 0) is 0 Å². The number of ketones is 1. The molecule has 3 heteroatoms. The van der Waals surface area contributed by atoms with Gasteiger partial charge >= 0.3 is 0 Å². The number of rotatable bonds is 4. The molecule has 0 N–H and O–H groups in total. The van der Waals surface area contributed by atoms with Crippen LogP contribution in [0.4, 0.5) is 5.69 Å². The Balaban J connectivity index is 2.07. The molecular formula is C20H14ClNO. The van der Waals surface area contributed by atoms with Crippen LogP contribution in [0.15, 0.2) is 89.9 Å². The van der Waals surface area contributed by atoms with E-state index in [0.717, 1.165) is 5.56 Å². The summed E-state index contributed by atoms with van der Waals surface area (Å²) in [6.45, 7) is 0. The lowest BCUT2D eigenvalue weighted by Crippen LogP contribution is -2.15.